The second kappa shape index (κ2) is 6.94. The van der Waals surface area contributed by atoms with Crippen LogP contribution in [0.3, 0.4) is 0 Å². The second-order valence-corrected chi connectivity index (χ2v) is 6.69. The van der Waals surface area contributed by atoms with Crippen LogP contribution in [0.15, 0.2) is 36.4 Å². The van der Waals surface area contributed by atoms with Crippen molar-refractivity contribution in [3.63, 3.8) is 0 Å². The van der Waals surface area contributed by atoms with Crippen molar-refractivity contribution in [1.29, 1.82) is 0 Å². The third-order valence-electron chi connectivity index (χ3n) is 3.91. The van der Waals surface area contributed by atoms with E-state index in [-0.39, 0.29) is 6.61 Å². The summed E-state index contributed by atoms with van der Waals surface area (Å²) >= 11 is 12.3. The third kappa shape index (κ3) is 3.43. The Balaban J connectivity index is 2.06. The summed E-state index contributed by atoms with van der Waals surface area (Å²) in [6.45, 7) is 0.141. The summed E-state index contributed by atoms with van der Waals surface area (Å²) in [5, 5.41) is 6.65. The number of nitrogens with zero attached hydrogens (tertiary/aromatic N) is 3. The maximum Gasteiger partial charge on any atom is 0.409 e. The van der Waals surface area contributed by atoms with Gasteiger partial charge in [-0.3, -0.25) is 4.68 Å². The Hall–Kier alpha value is -2.24. The molecule has 5 nitrogen and oxygen atoms in total. The van der Waals surface area contributed by atoms with E-state index >= 15 is 0 Å². The average molecular weight is 378 g/mol. The van der Waals surface area contributed by atoms with Gasteiger partial charge in [0.25, 0.3) is 0 Å². The smallest absolute Gasteiger partial charge is 0.409 e. The van der Waals surface area contributed by atoms with Gasteiger partial charge in [0.05, 0.1) is 5.69 Å². The molecule has 3 rings (SSSR count). The Morgan fingerprint density at radius 2 is 1.96 bits per heavy atom. The van der Waals surface area contributed by atoms with Crippen LogP contribution < -0.4 is 0 Å². The molecule has 0 spiro atoms. The van der Waals surface area contributed by atoms with E-state index in [1.54, 1.807) is 30.9 Å². The molecule has 0 unspecified atom stereocenters. The largest absolute Gasteiger partial charge is 0.443 e. The van der Waals surface area contributed by atoms with Crippen molar-refractivity contribution in [1.82, 2.24) is 14.7 Å². The molecule has 1 heterocycles. The van der Waals surface area contributed by atoms with Crippen LogP contribution in [-0.2, 0) is 18.4 Å². The van der Waals surface area contributed by atoms with E-state index < -0.39 is 6.09 Å². The first kappa shape index (κ1) is 17.6. The van der Waals surface area contributed by atoms with E-state index in [4.69, 9.17) is 27.9 Å². The Morgan fingerprint density at radius 1 is 1.20 bits per heavy atom. The van der Waals surface area contributed by atoms with Gasteiger partial charge in [-0.25, -0.2) is 4.79 Å². The van der Waals surface area contributed by atoms with E-state index in [0.717, 1.165) is 27.7 Å². The summed E-state index contributed by atoms with van der Waals surface area (Å²) in [6.07, 6.45) is -0.397. The number of hydrogen-bond acceptors (Lipinski definition) is 3. The van der Waals surface area contributed by atoms with Crippen molar-refractivity contribution >= 4 is 40.2 Å². The minimum Gasteiger partial charge on any atom is -0.443 e. The predicted molar refractivity (Wildman–Crippen MR) is 100 cm³/mol. The van der Waals surface area contributed by atoms with Crippen LogP contribution in [0.2, 0.25) is 10.0 Å². The highest BCUT2D eigenvalue weighted by atomic mass is 35.5. The standard InChI is InChI=1S/C18H17Cl2N3O2/c1-22(2)18(24)25-10-16-14-6-4-5-13(17(14)21-23(16)3)12-8-7-11(19)9-15(12)20/h4-9H,10H2,1-3H3. The number of aryl methyl sites for hydroxylation is 1. The molecule has 0 saturated carbocycles. The van der Waals surface area contributed by atoms with Gasteiger partial charge in [0.15, 0.2) is 0 Å². The van der Waals surface area contributed by atoms with Gasteiger partial charge in [0.2, 0.25) is 0 Å². The zero-order valence-electron chi connectivity index (χ0n) is 14.1. The summed E-state index contributed by atoms with van der Waals surface area (Å²) < 4.78 is 7.03. The maximum absolute atomic E-state index is 11.7. The molecular weight excluding hydrogens is 361 g/mol. The van der Waals surface area contributed by atoms with Gasteiger partial charge in [-0.05, 0) is 12.1 Å². The first-order chi connectivity index (χ1) is 11.9. The molecule has 1 aromatic heterocycles. The van der Waals surface area contributed by atoms with E-state index in [9.17, 15) is 4.79 Å². The van der Waals surface area contributed by atoms with Crippen LogP contribution in [-0.4, -0.2) is 34.9 Å². The molecule has 0 bridgehead atoms. The number of hydrogen-bond donors (Lipinski definition) is 0. The molecule has 0 aliphatic carbocycles. The van der Waals surface area contributed by atoms with E-state index in [1.165, 1.54) is 4.90 Å². The molecule has 0 saturated heterocycles. The molecule has 0 radical (unpaired) electrons. The number of carbonyl (C=O) groups is 1. The van der Waals surface area contributed by atoms with Crippen LogP contribution in [0.25, 0.3) is 22.0 Å². The molecule has 0 fully saturated rings. The van der Waals surface area contributed by atoms with Crippen LogP contribution in [0, 0.1) is 0 Å². The highest BCUT2D eigenvalue weighted by Crippen LogP contribution is 2.35. The van der Waals surface area contributed by atoms with Crippen molar-refractivity contribution in [2.75, 3.05) is 14.1 Å². The van der Waals surface area contributed by atoms with Crippen molar-refractivity contribution in [3.05, 3.63) is 52.1 Å². The second-order valence-electron chi connectivity index (χ2n) is 5.85. The van der Waals surface area contributed by atoms with Gasteiger partial charge in [-0.15, -0.1) is 0 Å². The topological polar surface area (TPSA) is 47.4 Å². The van der Waals surface area contributed by atoms with Gasteiger partial charge in [-0.1, -0.05) is 47.5 Å². The molecule has 7 heteroatoms. The van der Waals surface area contributed by atoms with Crippen LogP contribution in [0.5, 0.6) is 0 Å². The zero-order chi connectivity index (χ0) is 18.1. The summed E-state index contributed by atoms with van der Waals surface area (Å²) in [7, 11) is 5.11. The van der Waals surface area contributed by atoms with Crippen molar-refractivity contribution in [2.24, 2.45) is 7.05 Å². The minimum atomic E-state index is -0.397. The van der Waals surface area contributed by atoms with Gasteiger partial charge < -0.3 is 9.64 Å². The summed E-state index contributed by atoms with van der Waals surface area (Å²) in [4.78, 5) is 13.1. The number of amides is 1. The fourth-order valence-electron chi connectivity index (χ4n) is 2.62. The SMILES string of the molecule is CN(C)C(=O)OCc1c2cccc(-c3ccc(Cl)cc3Cl)c2nn1C. The lowest BCUT2D eigenvalue weighted by Gasteiger charge is -2.11. The molecule has 130 valence electrons. The Kier molecular flexibility index (Phi) is 4.88. The Morgan fingerprint density at radius 3 is 2.64 bits per heavy atom. The number of ether oxygens (including phenoxy) is 1. The molecule has 0 N–H and O–H groups in total. The van der Waals surface area contributed by atoms with Gasteiger partial charge in [-0.2, -0.15) is 5.10 Å². The number of benzene rings is 2. The first-order valence-corrected chi connectivity index (χ1v) is 8.38. The Labute approximate surface area is 155 Å². The fraction of sp³-hybridized carbons (Fsp3) is 0.222. The summed E-state index contributed by atoms with van der Waals surface area (Å²) in [5.74, 6) is 0. The molecule has 25 heavy (non-hydrogen) atoms. The maximum atomic E-state index is 11.7. The normalized spacial score (nSPS) is 10.9. The molecular formula is C18H17Cl2N3O2. The van der Waals surface area contributed by atoms with Crippen molar-refractivity contribution in [3.8, 4) is 11.1 Å². The van der Waals surface area contributed by atoms with Gasteiger partial charge in [0, 0.05) is 47.7 Å². The van der Waals surface area contributed by atoms with Crippen LogP contribution >= 0.6 is 23.2 Å². The monoisotopic (exact) mass is 377 g/mol. The summed E-state index contributed by atoms with van der Waals surface area (Å²) in [5.41, 5.74) is 3.37. The quantitative estimate of drug-likeness (QED) is 0.661. The number of halogens is 2. The number of aromatic nitrogens is 2. The zero-order valence-corrected chi connectivity index (χ0v) is 15.6. The van der Waals surface area contributed by atoms with Crippen LogP contribution in [0.1, 0.15) is 5.69 Å². The Bertz CT molecular complexity index is 951. The number of fused-ring (bicyclic) bond motifs is 1. The molecule has 0 aliphatic rings. The highest BCUT2D eigenvalue weighted by molar-refractivity contribution is 6.36. The van der Waals surface area contributed by atoms with E-state index in [2.05, 4.69) is 5.10 Å². The minimum absolute atomic E-state index is 0.141. The number of carbonyl (C=O) groups excluding carboxylic acids is 1. The predicted octanol–water partition coefficient (Wildman–Crippen LogP) is 4.75. The van der Waals surface area contributed by atoms with Crippen molar-refractivity contribution in [2.45, 2.75) is 6.61 Å². The lowest BCUT2D eigenvalue weighted by molar-refractivity contribution is 0.110. The van der Waals surface area contributed by atoms with Gasteiger partial charge >= 0.3 is 6.09 Å². The van der Waals surface area contributed by atoms with E-state index in [0.29, 0.717) is 10.0 Å². The van der Waals surface area contributed by atoms with Gasteiger partial charge in [0.1, 0.15) is 12.1 Å². The molecule has 0 aliphatic heterocycles. The highest BCUT2D eigenvalue weighted by Gasteiger charge is 2.16. The average Bonchev–Trinajstić information content (AvgIpc) is 2.88. The molecule has 1 amide bonds. The third-order valence-corrected chi connectivity index (χ3v) is 4.45. The summed E-state index contributed by atoms with van der Waals surface area (Å²) in [6, 6.07) is 11.2. The van der Waals surface area contributed by atoms with E-state index in [1.807, 2.05) is 31.3 Å². The fourth-order valence-corrected chi connectivity index (χ4v) is 3.13. The molecule has 0 atom stereocenters. The first-order valence-electron chi connectivity index (χ1n) is 7.62. The molecule has 3 aromatic rings. The molecule has 2 aromatic carbocycles. The van der Waals surface area contributed by atoms with Crippen LogP contribution in [0.4, 0.5) is 4.79 Å². The van der Waals surface area contributed by atoms with Crippen molar-refractivity contribution < 1.29 is 9.53 Å². The number of rotatable bonds is 3. The lowest BCUT2D eigenvalue weighted by atomic mass is 10.0. The lowest BCUT2D eigenvalue weighted by Crippen LogP contribution is -2.23.